The molecule has 0 aliphatic carbocycles. The molecule has 1 saturated heterocycles. The molecule has 4 heteroatoms. The van der Waals surface area contributed by atoms with Crippen LogP contribution in [0.25, 0.3) is 0 Å². The van der Waals surface area contributed by atoms with Crippen molar-refractivity contribution in [2.45, 2.75) is 27.2 Å². The summed E-state index contributed by atoms with van der Waals surface area (Å²) in [6, 6.07) is 0. The first-order chi connectivity index (χ1) is 7.51. The molecule has 0 aromatic carbocycles. The highest BCUT2D eigenvalue weighted by Gasteiger charge is 2.40. The molecule has 0 bridgehead atoms. The number of hydrogen-bond donors (Lipinski definition) is 1. The maximum Gasteiger partial charge on any atom is 0.223 e. The van der Waals surface area contributed by atoms with Crippen molar-refractivity contribution >= 4 is 5.91 Å². The van der Waals surface area contributed by atoms with Gasteiger partial charge in [-0.3, -0.25) is 4.79 Å². The van der Waals surface area contributed by atoms with Gasteiger partial charge in [0.15, 0.2) is 0 Å². The van der Waals surface area contributed by atoms with Crippen molar-refractivity contribution < 1.29 is 9.53 Å². The largest absolute Gasteiger partial charge is 0.381 e. The highest BCUT2D eigenvalue weighted by atomic mass is 16.5. The molecule has 4 nitrogen and oxygen atoms in total. The molecule has 1 amide bonds. The Hall–Kier alpha value is -0.610. The molecule has 1 fully saturated rings. The van der Waals surface area contributed by atoms with E-state index in [1.807, 2.05) is 11.8 Å². The van der Waals surface area contributed by atoms with E-state index in [0.717, 1.165) is 26.3 Å². The van der Waals surface area contributed by atoms with Crippen molar-refractivity contribution in [2.24, 2.45) is 17.1 Å². The van der Waals surface area contributed by atoms with Crippen LogP contribution in [0.1, 0.15) is 27.2 Å². The third-order valence-electron chi connectivity index (χ3n) is 3.38. The molecule has 2 N–H and O–H groups in total. The number of carbonyl (C=O) groups is 1. The van der Waals surface area contributed by atoms with E-state index in [4.69, 9.17) is 10.5 Å². The molecule has 94 valence electrons. The number of nitrogens with zero attached hydrogens (tertiary/aromatic N) is 1. The average molecular weight is 228 g/mol. The van der Waals surface area contributed by atoms with Crippen molar-refractivity contribution in [3.63, 3.8) is 0 Å². The fourth-order valence-electron chi connectivity index (χ4n) is 2.21. The van der Waals surface area contributed by atoms with Gasteiger partial charge in [0.1, 0.15) is 0 Å². The van der Waals surface area contributed by atoms with Crippen molar-refractivity contribution in [3.05, 3.63) is 0 Å². The maximum atomic E-state index is 11.8. The summed E-state index contributed by atoms with van der Waals surface area (Å²) in [5.74, 6) is 0.615. The van der Waals surface area contributed by atoms with E-state index >= 15 is 0 Å². The molecular formula is C12H24N2O2. The number of ether oxygens (including phenoxy) is 1. The molecule has 1 heterocycles. The number of hydrogen-bond acceptors (Lipinski definition) is 3. The predicted molar refractivity (Wildman–Crippen MR) is 64.0 cm³/mol. The molecule has 16 heavy (non-hydrogen) atoms. The summed E-state index contributed by atoms with van der Waals surface area (Å²) >= 11 is 0. The van der Waals surface area contributed by atoms with E-state index in [0.29, 0.717) is 18.9 Å². The highest BCUT2D eigenvalue weighted by molar-refractivity contribution is 5.76. The van der Waals surface area contributed by atoms with Crippen LogP contribution in [0.4, 0.5) is 0 Å². The van der Waals surface area contributed by atoms with Crippen LogP contribution in [0, 0.1) is 11.3 Å². The van der Waals surface area contributed by atoms with Crippen molar-refractivity contribution in [3.8, 4) is 0 Å². The maximum absolute atomic E-state index is 11.8. The van der Waals surface area contributed by atoms with E-state index < -0.39 is 0 Å². The third kappa shape index (κ3) is 3.19. The van der Waals surface area contributed by atoms with Crippen molar-refractivity contribution in [1.29, 1.82) is 0 Å². The Morgan fingerprint density at radius 3 is 2.81 bits per heavy atom. The molecule has 1 aliphatic rings. The van der Waals surface area contributed by atoms with Crippen LogP contribution < -0.4 is 5.73 Å². The fourth-order valence-corrected chi connectivity index (χ4v) is 2.21. The highest BCUT2D eigenvalue weighted by Crippen LogP contribution is 2.35. The molecule has 0 aromatic heterocycles. The van der Waals surface area contributed by atoms with Crippen LogP contribution in [0.15, 0.2) is 0 Å². The van der Waals surface area contributed by atoms with E-state index in [-0.39, 0.29) is 11.3 Å². The lowest BCUT2D eigenvalue weighted by Gasteiger charge is -2.24. The zero-order valence-corrected chi connectivity index (χ0v) is 10.7. The first-order valence-electron chi connectivity index (χ1n) is 6.07. The molecule has 0 spiro atoms. The van der Waals surface area contributed by atoms with Crippen LogP contribution in [-0.2, 0) is 9.53 Å². The van der Waals surface area contributed by atoms with Gasteiger partial charge in [-0.2, -0.15) is 0 Å². The number of carbonyl (C=O) groups excluding carboxylic acids is 1. The van der Waals surface area contributed by atoms with E-state index in [9.17, 15) is 4.79 Å². The Morgan fingerprint density at radius 1 is 1.56 bits per heavy atom. The van der Waals surface area contributed by atoms with E-state index in [2.05, 4.69) is 13.8 Å². The number of nitrogens with two attached hydrogens (primary N) is 1. The Kier molecular flexibility index (Phi) is 4.74. The summed E-state index contributed by atoms with van der Waals surface area (Å²) < 4.78 is 5.48. The summed E-state index contributed by atoms with van der Waals surface area (Å²) in [4.78, 5) is 13.7. The zero-order chi connectivity index (χ0) is 12.2. The standard InChI is InChI=1S/C12H24N2O2/c1-4-16-8-10-7-14(9-12(10,2)3)11(15)5-6-13/h10H,4-9,13H2,1-3H3/t10-/m0/s1. The lowest BCUT2D eigenvalue weighted by atomic mass is 9.83. The van der Waals surface area contributed by atoms with Gasteiger partial charge in [-0.1, -0.05) is 13.8 Å². The van der Waals surface area contributed by atoms with Gasteiger partial charge < -0.3 is 15.4 Å². The molecule has 0 aromatic rings. The summed E-state index contributed by atoms with van der Waals surface area (Å²) in [6.07, 6.45) is 0.456. The van der Waals surface area contributed by atoms with Gasteiger partial charge in [0, 0.05) is 38.6 Å². The van der Waals surface area contributed by atoms with Gasteiger partial charge in [-0.05, 0) is 12.3 Å². The third-order valence-corrected chi connectivity index (χ3v) is 3.38. The lowest BCUT2D eigenvalue weighted by Crippen LogP contribution is -2.31. The Balaban J connectivity index is 2.53. The van der Waals surface area contributed by atoms with Gasteiger partial charge in [0.25, 0.3) is 0 Å². The summed E-state index contributed by atoms with van der Waals surface area (Å²) in [5.41, 5.74) is 5.56. The Bertz CT molecular complexity index is 241. The molecule has 0 radical (unpaired) electrons. The fraction of sp³-hybridized carbons (Fsp3) is 0.917. The minimum atomic E-state index is 0.152. The topological polar surface area (TPSA) is 55.6 Å². The summed E-state index contributed by atoms with van der Waals surface area (Å²) in [6.45, 7) is 9.96. The van der Waals surface area contributed by atoms with Crippen LogP contribution in [0.2, 0.25) is 0 Å². The number of likely N-dealkylation sites (tertiary alicyclic amines) is 1. The second kappa shape index (κ2) is 5.64. The molecular weight excluding hydrogens is 204 g/mol. The predicted octanol–water partition coefficient (Wildman–Crippen LogP) is 0.856. The van der Waals surface area contributed by atoms with E-state index in [1.54, 1.807) is 0 Å². The number of rotatable bonds is 5. The monoisotopic (exact) mass is 228 g/mol. The quantitative estimate of drug-likeness (QED) is 0.759. The number of amides is 1. The van der Waals surface area contributed by atoms with Gasteiger partial charge in [0.2, 0.25) is 5.91 Å². The lowest BCUT2D eigenvalue weighted by molar-refractivity contribution is -0.130. The molecule has 1 rings (SSSR count). The Labute approximate surface area is 98.1 Å². The smallest absolute Gasteiger partial charge is 0.223 e. The molecule has 0 unspecified atom stereocenters. The van der Waals surface area contributed by atoms with Crippen LogP contribution in [0.5, 0.6) is 0 Å². The van der Waals surface area contributed by atoms with Gasteiger partial charge >= 0.3 is 0 Å². The minimum absolute atomic E-state index is 0.152. The van der Waals surface area contributed by atoms with Crippen LogP contribution in [-0.4, -0.2) is 43.7 Å². The van der Waals surface area contributed by atoms with Gasteiger partial charge in [0.05, 0.1) is 6.61 Å². The summed E-state index contributed by atoms with van der Waals surface area (Å²) in [5, 5.41) is 0. The van der Waals surface area contributed by atoms with Crippen molar-refractivity contribution in [2.75, 3.05) is 32.8 Å². The molecule has 0 saturated carbocycles. The van der Waals surface area contributed by atoms with Gasteiger partial charge in [-0.25, -0.2) is 0 Å². The minimum Gasteiger partial charge on any atom is -0.381 e. The Morgan fingerprint density at radius 2 is 2.25 bits per heavy atom. The second-order valence-corrected chi connectivity index (χ2v) is 5.16. The molecule has 1 aliphatic heterocycles. The summed E-state index contributed by atoms with van der Waals surface area (Å²) in [7, 11) is 0. The van der Waals surface area contributed by atoms with Gasteiger partial charge in [-0.15, -0.1) is 0 Å². The SMILES string of the molecule is CCOC[C@@H]1CN(C(=O)CCN)CC1(C)C. The van der Waals surface area contributed by atoms with Crippen LogP contribution in [0.3, 0.4) is 0 Å². The first-order valence-corrected chi connectivity index (χ1v) is 6.07. The normalized spacial score (nSPS) is 23.8. The first kappa shape index (κ1) is 13.5. The van der Waals surface area contributed by atoms with E-state index in [1.165, 1.54) is 0 Å². The second-order valence-electron chi connectivity index (χ2n) is 5.16. The van der Waals surface area contributed by atoms with Crippen molar-refractivity contribution in [1.82, 2.24) is 4.90 Å². The average Bonchev–Trinajstić information content (AvgIpc) is 2.51. The molecule has 1 atom stereocenters. The van der Waals surface area contributed by atoms with Crippen LogP contribution >= 0.6 is 0 Å². The zero-order valence-electron chi connectivity index (χ0n) is 10.7.